The Kier molecular flexibility index (Phi) is 10.1. The predicted octanol–water partition coefficient (Wildman–Crippen LogP) is 4.55. The van der Waals surface area contributed by atoms with E-state index in [1.54, 1.807) is 55.7 Å². The zero-order valence-electron chi connectivity index (χ0n) is 23.1. The Labute approximate surface area is 229 Å². The number of nitrogens with one attached hydrogen (secondary N) is 1. The summed E-state index contributed by atoms with van der Waals surface area (Å²) in [6.45, 7) is 7.80. The minimum absolute atomic E-state index is 0.0655. The van der Waals surface area contributed by atoms with Crippen LogP contribution in [0.5, 0.6) is 17.2 Å². The minimum atomic E-state index is -3.34. The van der Waals surface area contributed by atoms with Crippen molar-refractivity contribution in [3.05, 3.63) is 65.5 Å². The average molecular weight is 580 g/mol. The van der Waals surface area contributed by atoms with Crippen molar-refractivity contribution in [2.45, 2.75) is 44.5 Å². The molecule has 0 spiro atoms. The van der Waals surface area contributed by atoms with Crippen molar-refractivity contribution in [3.8, 4) is 17.2 Å². The Morgan fingerprint density at radius 1 is 1.08 bits per heavy atom. The van der Waals surface area contributed by atoms with Crippen LogP contribution in [0.4, 0.5) is 0 Å². The Morgan fingerprint density at radius 2 is 1.74 bits per heavy atom. The van der Waals surface area contributed by atoms with E-state index in [1.807, 2.05) is 19.9 Å². The molecule has 39 heavy (non-hydrogen) atoms. The fourth-order valence-electron chi connectivity index (χ4n) is 3.96. The fourth-order valence-corrected chi connectivity index (χ4v) is 6.02. The van der Waals surface area contributed by atoms with E-state index in [4.69, 9.17) is 18.7 Å². The predicted molar refractivity (Wildman–Crippen MR) is 147 cm³/mol. The van der Waals surface area contributed by atoms with Gasteiger partial charge in [0.05, 0.1) is 30.2 Å². The van der Waals surface area contributed by atoms with Gasteiger partial charge in [-0.2, -0.15) is 5.10 Å². The molecule has 1 unspecified atom stereocenters. The van der Waals surface area contributed by atoms with Gasteiger partial charge in [-0.1, -0.05) is 0 Å². The number of aromatic nitrogens is 2. The molecule has 0 saturated heterocycles. The van der Waals surface area contributed by atoms with Gasteiger partial charge in [-0.15, -0.1) is 4.68 Å². The SMILES string of the molecule is CCOP(C)(=O)C[n+]1[nH]c(CC(=O)c2cc(Oc3ccc(S(C)(=O)=O)cc3)cc(O[C@@H](C)COC)c2)cc1C. The standard InChI is InChI=1S/C27H35N2O8PS/c1-7-35-38(5,31)18-29-19(2)12-22(28-29)15-27(30)21-13-24(36-20(3)17-34-4)16-25(14-21)37-23-8-10-26(11-9-23)39(6,32)33/h8-14,16,20H,7,15,17-18H2,1-6H3/p+1/t20-,38?/m0/s1. The Morgan fingerprint density at radius 3 is 2.36 bits per heavy atom. The number of rotatable bonds is 14. The number of aryl methyl sites for hydroxylation is 1. The highest BCUT2D eigenvalue weighted by Gasteiger charge is 2.26. The van der Waals surface area contributed by atoms with Gasteiger partial charge < -0.3 is 18.7 Å². The fraction of sp³-hybridized carbons (Fsp3) is 0.407. The third-order valence-corrected chi connectivity index (χ3v) is 8.40. The van der Waals surface area contributed by atoms with Gasteiger partial charge in [-0.3, -0.25) is 9.36 Å². The van der Waals surface area contributed by atoms with Gasteiger partial charge in [-0.05, 0) is 50.2 Å². The molecule has 3 aromatic rings. The van der Waals surface area contributed by atoms with Crippen LogP contribution in [0.1, 0.15) is 35.6 Å². The molecular weight excluding hydrogens is 543 g/mol. The molecule has 0 radical (unpaired) electrons. The van der Waals surface area contributed by atoms with E-state index in [0.29, 0.717) is 41.7 Å². The molecule has 0 aliphatic rings. The highest BCUT2D eigenvalue weighted by molar-refractivity contribution is 7.90. The van der Waals surface area contributed by atoms with Crippen molar-refractivity contribution < 1.29 is 41.2 Å². The number of nitrogens with zero attached hydrogens (tertiary/aromatic N) is 1. The second-order valence-corrected chi connectivity index (χ2v) is 14.0. The highest BCUT2D eigenvalue weighted by Crippen LogP contribution is 2.42. The molecule has 1 aromatic heterocycles. The first kappa shape index (κ1) is 30.6. The summed E-state index contributed by atoms with van der Waals surface area (Å²) in [7, 11) is -4.59. The van der Waals surface area contributed by atoms with Crippen LogP contribution in [-0.2, 0) is 36.4 Å². The van der Waals surface area contributed by atoms with E-state index >= 15 is 0 Å². The number of hydrogen-bond acceptors (Lipinski definition) is 8. The second kappa shape index (κ2) is 12.9. The zero-order valence-corrected chi connectivity index (χ0v) is 24.8. The van der Waals surface area contributed by atoms with E-state index in [1.165, 1.54) is 12.1 Å². The number of Topliss-reactive ketones (excluding diaryl/α,β-unsaturated/α-hetero) is 1. The van der Waals surface area contributed by atoms with Crippen LogP contribution in [-0.4, -0.2) is 58.6 Å². The minimum Gasteiger partial charge on any atom is -0.488 e. The summed E-state index contributed by atoms with van der Waals surface area (Å²) in [5.41, 5.74) is 1.85. The number of sulfone groups is 1. The summed E-state index contributed by atoms with van der Waals surface area (Å²) in [5.74, 6) is 1.00. The first-order valence-electron chi connectivity index (χ1n) is 12.4. The summed E-state index contributed by atoms with van der Waals surface area (Å²) < 4.78 is 60.3. The molecule has 3 rings (SSSR count). The Bertz CT molecular complexity index is 1450. The van der Waals surface area contributed by atoms with Gasteiger partial charge in [0, 0.05) is 44.7 Å². The third-order valence-electron chi connectivity index (χ3n) is 5.67. The number of ketones is 1. The Balaban J connectivity index is 1.86. The van der Waals surface area contributed by atoms with Crippen molar-refractivity contribution in [2.75, 3.05) is 33.2 Å². The molecule has 0 aliphatic heterocycles. The third kappa shape index (κ3) is 9.03. The van der Waals surface area contributed by atoms with Gasteiger partial charge in [0.15, 0.2) is 15.6 Å². The lowest BCUT2D eigenvalue weighted by Gasteiger charge is -2.16. The molecule has 2 aromatic carbocycles. The average Bonchev–Trinajstić information content (AvgIpc) is 3.16. The van der Waals surface area contributed by atoms with Crippen molar-refractivity contribution >= 4 is 23.0 Å². The second-order valence-electron chi connectivity index (χ2n) is 9.45. The number of carbonyl (C=O) groups is 1. The molecule has 10 nitrogen and oxygen atoms in total. The molecule has 0 saturated carbocycles. The van der Waals surface area contributed by atoms with E-state index < -0.39 is 17.2 Å². The van der Waals surface area contributed by atoms with Crippen molar-refractivity contribution in [2.24, 2.45) is 0 Å². The van der Waals surface area contributed by atoms with E-state index in [9.17, 15) is 17.8 Å². The van der Waals surface area contributed by atoms with Gasteiger partial charge in [0.25, 0.3) is 7.37 Å². The normalized spacial score (nSPS) is 14.0. The summed E-state index contributed by atoms with van der Waals surface area (Å²) in [5, 5.41) is 3.15. The number of methoxy groups -OCH3 is 1. The lowest BCUT2D eigenvalue weighted by Crippen LogP contribution is -2.38. The largest absolute Gasteiger partial charge is 0.488 e. The molecule has 0 fully saturated rings. The number of H-pyrrole nitrogens is 1. The monoisotopic (exact) mass is 579 g/mol. The number of carbonyl (C=O) groups excluding carboxylic acids is 1. The topological polar surface area (TPSA) is 125 Å². The molecule has 2 atom stereocenters. The highest BCUT2D eigenvalue weighted by atomic mass is 32.2. The van der Waals surface area contributed by atoms with Gasteiger partial charge >= 0.3 is 0 Å². The lowest BCUT2D eigenvalue weighted by atomic mass is 10.1. The summed E-state index contributed by atoms with van der Waals surface area (Å²) in [6, 6.07) is 12.8. The lowest BCUT2D eigenvalue weighted by molar-refractivity contribution is -0.739. The van der Waals surface area contributed by atoms with Gasteiger partial charge in [0.2, 0.25) is 12.0 Å². The van der Waals surface area contributed by atoms with E-state index in [-0.39, 0.29) is 29.5 Å². The maximum Gasteiger partial charge on any atom is 0.265 e. The van der Waals surface area contributed by atoms with Gasteiger partial charge in [-0.25, -0.2) is 8.42 Å². The number of hydrogen-bond donors (Lipinski definition) is 1. The number of ether oxygens (including phenoxy) is 3. The van der Waals surface area contributed by atoms with Gasteiger partial charge in [0.1, 0.15) is 23.4 Å². The van der Waals surface area contributed by atoms with E-state index in [2.05, 4.69) is 5.10 Å². The molecule has 0 bridgehead atoms. The van der Waals surface area contributed by atoms with Crippen LogP contribution in [0, 0.1) is 6.92 Å². The molecule has 0 aliphatic carbocycles. The van der Waals surface area contributed by atoms with Crippen molar-refractivity contribution in [3.63, 3.8) is 0 Å². The van der Waals surface area contributed by atoms with Crippen LogP contribution in [0.15, 0.2) is 53.4 Å². The molecule has 1 heterocycles. The van der Waals surface area contributed by atoms with Crippen LogP contribution in [0.25, 0.3) is 0 Å². The number of benzene rings is 2. The van der Waals surface area contributed by atoms with Crippen LogP contribution >= 0.6 is 7.37 Å². The maximum atomic E-state index is 13.3. The smallest absolute Gasteiger partial charge is 0.265 e. The molecule has 212 valence electrons. The first-order chi connectivity index (χ1) is 18.3. The summed E-state index contributed by atoms with van der Waals surface area (Å²) in [6.07, 6.45) is 1.10. The quantitative estimate of drug-likeness (QED) is 0.168. The first-order valence-corrected chi connectivity index (χ1v) is 16.6. The molecular formula is C27H36N2O8PS+. The molecule has 0 amide bonds. The number of aromatic amines is 1. The van der Waals surface area contributed by atoms with Crippen LogP contribution in [0.2, 0.25) is 0 Å². The van der Waals surface area contributed by atoms with Crippen molar-refractivity contribution in [1.82, 2.24) is 5.10 Å². The summed E-state index contributed by atoms with van der Waals surface area (Å²) >= 11 is 0. The molecule has 1 N–H and O–H groups in total. The van der Waals surface area contributed by atoms with Crippen LogP contribution < -0.4 is 14.2 Å². The van der Waals surface area contributed by atoms with E-state index in [0.717, 1.165) is 11.9 Å². The van der Waals surface area contributed by atoms with Crippen molar-refractivity contribution in [1.29, 1.82) is 0 Å². The zero-order chi connectivity index (χ0) is 28.8. The maximum absolute atomic E-state index is 13.3. The van der Waals surface area contributed by atoms with Crippen LogP contribution in [0.3, 0.4) is 0 Å². The Hall–Kier alpha value is -2.98. The molecule has 12 heteroatoms. The summed E-state index contributed by atoms with van der Waals surface area (Å²) in [4.78, 5) is 13.5.